The van der Waals surface area contributed by atoms with Crippen molar-refractivity contribution in [2.24, 2.45) is 4.99 Å². The van der Waals surface area contributed by atoms with E-state index in [4.69, 9.17) is 4.74 Å². The van der Waals surface area contributed by atoms with Crippen LogP contribution in [0.3, 0.4) is 0 Å². The van der Waals surface area contributed by atoms with Crippen molar-refractivity contribution < 1.29 is 19.2 Å². The van der Waals surface area contributed by atoms with Gasteiger partial charge in [0.1, 0.15) is 6.54 Å². The molecule has 8 nitrogen and oxygen atoms in total. The van der Waals surface area contributed by atoms with Crippen LogP contribution in [0.25, 0.3) is 10.2 Å². The van der Waals surface area contributed by atoms with Gasteiger partial charge in [0.25, 0.3) is 11.6 Å². The number of carbonyl (C=O) groups is 2. The van der Waals surface area contributed by atoms with Gasteiger partial charge in [0, 0.05) is 22.6 Å². The topological polar surface area (TPSA) is 104 Å². The lowest BCUT2D eigenvalue weighted by molar-refractivity contribution is -0.384. The van der Waals surface area contributed by atoms with Crippen LogP contribution >= 0.6 is 23.1 Å². The molecule has 1 aromatic heterocycles. The standard InChI is InChI=1S/C19H17N3O5S2/c1-3-28-14-6-4-5-12(9-14)18(24)20-19-21(11-17(23)27-2)15-10-13(22(25)26)7-8-16(15)29-19/h4-10H,3,11H2,1-2H3. The molecule has 0 N–H and O–H groups in total. The Balaban J connectivity index is 2.12. The van der Waals surface area contributed by atoms with E-state index in [0.29, 0.717) is 15.8 Å². The van der Waals surface area contributed by atoms with Gasteiger partial charge in [-0.3, -0.25) is 19.7 Å². The number of hydrogen-bond acceptors (Lipinski definition) is 7. The van der Waals surface area contributed by atoms with Gasteiger partial charge >= 0.3 is 5.97 Å². The van der Waals surface area contributed by atoms with E-state index in [9.17, 15) is 19.7 Å². The molecule has 0 radical (unpaired) electrons. The summed E-state index contributed by atoms with van der Waals surface area (Å²) in [6.45, 7) is 1.81. The van der Waals surface area contributed by atoms with Gasteiger partial charge in [-0.2, -0.15) is 4.99 Å². The minimum atomic E-state index is -0.550. The lowest BCUT2D eigenvalue weighted by Gasteiger charge is -2.04. The number of amides is 1. The molecule has 1 heterocycles. The summed E-state index contributed by atoms with van der Waals surface area (Å²) in [6, 6.07) is 11.5. The molecule has 0 aliphatic carbocycles. The molecule has 0 bridgehead atoms. The van der Waals surface area contributed by atoms with Crippen molar-refractivity contribution in [2.75, 3.05) is 12.9 Å². The summed E-state index contributed by atoms with van der Waals surface area (Å²) in [7, 11) is 1.25. The number of benzene rings is 2. The van der Waals surface area contributed by atoms with Crippen molar-refractivity contribution in [1.82, 2.24) is 4.57 Å². The molecule has 0 unspecified atom stereocenters. The highest BCUT2D eigenvalue weighted by Gasteiger charge is 2.16. The van der Waals surface area contributed by atoms with Gasteiger partial charge in [-0.25, -0.2) is 0 Å². The van der Waals surface area contributed by atoms with Crippen LogP contribution in [0, 0.1) is 10.1 Å². The Morgan fingerprint density at radius 1 is 1.28 bits per heavy atom. The Morgan fingerprint density at radius 3 is 2.76 bits per heavy atom. The molecule has 10 heteroatoms. The first-order valence-electron chi connectivity index (χ1n) is 8.59. The third-order valence-electron chi connectivity index (χ3n) is 3.98. The van der Waals surface area contributed by atoms with Crippen molar-refractivity contribution in [1.29, 1.82) is 0 Å². The summed E-state index contributed by atoms with van der Waals surface area (Å²) in [5.41, 5.74) is 0.754. The lowest BCUT2D eigenvalue weighted by Crippen LogP contribution is -2.22. The first-order valence-corrected chi connectivity index (χ1v) is 10.4. The Bertz CT molecular complexity index is 1170. The number of nitrogens with zero attached hydrogens (tertiary/aromatic N) is 3. The molecule has 29 heavy (non-hydrogen) atoms. The first-order chi connectivity index (χ1) is 13.9. The number of esters is 1. The van der Waals surface area contributed by atoms with Crippen molar-refractivity contribution >= 4 is 50.9 Å². The zero-order chi connectivity index (χ0) is 21.0. The second kappa shape index (κ2) is 9.01. The highest BCUT2D eigenvalue weighted by atomic mass is 32.2. The van der Waals surface area contributed by atoms with Crippen LogP contribution in [0.15, 0.2) is 52.4 Å². The van der Waals surface area contributed by atoms with E-state index in [0.717, 1.165) is 10.6 Å². The third kappa shape index (κ3) is 4.72. The van der Waals surface area contributed by atoms with E-state index in [1.165, 1.54) is 35.1 Å². The lowest BCUT2D eigenvalue weighted by atomic mass is 10.2. The maximum Gasteiger partial charge on any atom is 0.325 e. The molecule has 0 aliphatic heterocycles. The molecule has 0 aliphatic rings. The van der Waals surface area contributed by atoms with Crippen LogP contribution in [0.5, 0.6) is 0 Å². The number of nitro benzene ring substituents is 1. The molecule has 3 aromatic rings. The van der Waals surface area contributed by atoms with Gasteiger partial charge in [0.15, 0.2) is 4.80 Å². The molecular formula is C19H17N3O5S2. The number of thioether (sulfide) groups is 1. The summed E-state index contributed by atoms with van der Waals surface area (Å²) in [5.74, 6) is -0.127. The van der Waals surface area contributed by atoms with E-state index in [2.05, 4.69) is 4.99 Å². The predicted octanol–water partition coefficient (Wildman–Crippen LogP) is 3.64. The van der Waals surface area contributed by atoms with Gasteiger partial charge in [-0.15, -0.1) is 11.8 Å². The number of nitro groups is 1. The average Bonchev–Trinajstić information content (AvgIpc) is 3.04. The summed E-state index contributed by atoms with van der Waals surface area (Å²) < 4.78 is 6.85. The summed E-state index contributed by atoms with van der Waals surface area (Å²) >= 11 is 2.79. The number of fused-ring (bicyclic) bond motifs is 1. The molecule has 0 atom stereocenters. The maximum atomic E-state index is 12.7. The van der Waals surface area contributed by atoms with Gasteiger partial charge in [0.05, 0.1) is 22.2 Å². The minimum Gasteiger partial charge on any atom is -0.468 e. The van der Waals surface area contributed by atoms with E-state index >= 15 is 0 Å². The quantitative estimate of drug-likeness (QED) is 0.255. The maximum absolute atomic E-state index is 12.7. The molecule has 3 rings (SSSR count). The van der Waals surface area contributed by atoms with Gasteiger partial charge < -0.3 is 9.30 Å². The number of non-ortho nitro benzene ring substituents is 1. The second-order valence-electron chi connectivity index (χ2n) is 5.83. The van der Waals surface area contributed by atoms with Crippen LogP contribution in [-0.4, -0.2) is 34.2 Å². The fourth-order valence-corrected chi connectivity index (χ4v) is 4.37. The monoisotopic (exact) mass is 431 g/mol. The fraction of sp³-hybridized carbons (Fsp3) is 0.211. The van der Waals surface area contributed by atoms with Crippen molar-refractivity contribution in [3.63, 3.8) is 0 Å². The van der Waals surface area contributed by atoms with E-state index in [-0.39, 0.29) is 17.0 Å². The average molecular weight is 431 g/mol. The van der Waals surface area contributed by atoms with Crippen molar-refractivity contribution in [3.05, 3.63) is 62.9 Å². The summed E-state index contributed by atoms with van der Waals surface area (Å²) in [4.78, 5) is 40.6. The van der Waals surface area contributed by atoms with E-state index in [1.54, 1.807) is 36.0 Å². The van der Waals surface area contributed by atoms with Gasteiger partial charge in [-0.05, 0) is 30.0 Å². The molecule has 0 saturated carbocycles. The van der Waals surface area contributed by atoms with Gasteiger partial charge in [-0.1, -0.05) is 24.3 Å². The summed E-state index contributed by atoms with van der Waals surface area (Å²) in [6.07, 6.45) is 0. The first kappa shape index (κ1) is 20.7. The molecule has 0 fully saturated rings. The Morgan fingerprint density at radius 2 is 2.07 bits per heavy atom. The normalized spacial score (nSPS) is 11.6. The fourth-order valence-electron chi connectivity index (χ4n) is 2.64. The Hall–Kier alpha value is -2.98. The van der Waals surface area contributed by atoms with Crippen molar-refractivity contribution in [2.45, 2.75) is 18.4 Å². The minimum absolute atomic E-state index is 0.115. The predicted molar refractivity (Wildman–Crippen MR) is 111 cm³/mol. The number of hydrogen-bond donors (Lipinski definition) is 0. The SMILES string of the molecule is CCSc1cccc(C(=O)N=c2sc3ccc([N+](=O)[O-])cc3n2CC(=O)OC)c1. The van der Waals surface area contributed by atoms with Crippen LogP contribution < -0.4 is 4.80 Å². The molecule has 0 saturated heterocycles. The highest BCUT2D eigenvalue weighted by molar-refractivity contribution is 7.99. The zero-order valence-electron chi connectivity index (χ0n) is 15.7. The number of thiazole rings is 1. The van der Waals surface area contributed by atoms with Crippen LogP contribution in [-0.2, 0) is 16.1 Å². The van der Waals surface area contributed by atoms with E-state index in [1.807, 2.05) is 13.0 Å². The van der Waals surface area contributed by atoms with Gasteiger partial charge in [0.2, 0.25) is 0 Å². The highest BCUT2D eigenvalue weighted by Crippen LogP contribution is 2.23. The molecule has 0 spiro atoms. The zero-order valence-corrected chi connectivity index (χ0v) is 17.3. The number of rotatable bonds is 6. The van der Waals surface area contributed by atoms with Crippen molar-refractivity contribution in [3.8, 4) is 0 Å². The van der Waals surface area contributed by atoms with Crippen LogP contribution in [0.4, 0.5) is 5.69 Å². The largest absolute Gasteiger partial charge is 0.468 e. The Labute approximate surface area is 174 Å². The number of ether oxygens (including phenoxy) is 1. The van der Waals surface area contributed by atoms with Crippen LogP contribution in [0.2, 0.25) is 0 Å². The van der Waals surface area contributed by atoms with Crippen LogP contribution in [0.1, 0.15) is 17.3 Å². The molecule has 150 valence electrons. The number of methoxy groups -OCH3 is 1. The molecule has 2 aromatic carbocycles. The number of aromatic nitrogens is 1. The molecular weight excluding hydrogens is 414 g/mol. The second-order valence-corrected chi connectivity index (χ2v) is 8.18. The summed E-state index contributed by atoms with van der Waals surface area (Å²) in [5, 5.41) is 11.1. The molecule has 1 amide bonds. The number of carbonyl (C=O) groups excluding carboxylic acids is 2. The van der Waals surface area contributed by atoms with E-state index < -0.39 is 16.8 Å². The third-order valence-corrected chi connectivity index (χ3v) is 5.92. The Kier molecular flexibility index (Phi) is 6.45. The smallest absolute Gasteiger partial charge is 0.325 e.